The van der Waals surface area contributed by atoms with Crippen molar-refractivity contribution >= 4 is 73.0 Å². The highest BCUT2D eigenvalue weighted by molar-refractivity contribution is 14.1. The number of carbonyl (C=O) groups excluding carboxylic acids is 1. The van der Waals surface area contributed by atoms with Gasteiger partial charge in [0.2, 0.25) is 0 Å². The first kappa shape index (κ1) is 20.7. The highest BCUT2D eigenvalue weighted by Gasteiger charge is 2.13. The van der Waals surface area contributed by atoms with E-state index in [1.54, 1.807) is 0 Å². The first-order valence-electron chi connectivity index (χ1n) is 8.52. The van der Waals surface area contributed by atoms with Crippen molar-refractivity contribution in [3.05, 3.63) is 107 Å². The van der Waals surface area contributed by atoms with E-state index < -0.39 is 0 Å². The number of hydrogen-bond acceptors (Lipinski definition) is 1. The second kappa shape index (κ2) is 9.98. The van der Waals surface area contributed by atoms with E-state index in [2.05, 4.69) is 85.4 Å². The van der Waals surface area contributed by atoms with Gasteiger partial charge in [-0.1, -0.05) is 52.3 Å². The van der Waals surface area contributed by atoms with Gasteiger partial charge in [-0.25, -0.2) is 0 Å². The number of ketones is 1. The molecule has 27 heavy (non-hydrogen) atoms. The zero-order chi connectivity index (χ0) is 19.2. The Hall–Kier alpha value is -0.990. The van der Waals surface area contributed by atoms with E-state index in [0.717, 1.165) is 31.2 Å². The number of allylic oxidation sites excluding steroid dienone is 1. The van der Waals surface area contributed by atoms with E-state index >= 15 is 0 Å². The van der Waals surface area contributed by atoms with Gasteiger partial charge in [0.15, 0.2) is 5.78 Å². The molecule has 0 atom stereocenters. The number of hydrogen-bond donors (Lipinski definition) is 0. The van der Waals surface area contributed by atoms with Gasteiger partial charge in [-0.2, -0.15) is 0 Å². The molecule has 0 fully saturated rings. The standard InChI is InChI=1S/C23H17BrI2O/c24-20-9-2-17(3-10-20)15-19(6-1-16-4-11-21(25)12-5-16)23(27)18-7-13-22(26)14-8-18/h2-5,7-15H,1,6H2/b19-15-. The number of benzene rings is 3. The van der Waals surface area contributed by atoms with E-state index in [-0.39, 0.29) is 5.78 Å². The van der Waals surface area contributed by atoms with Gasteiger partial charge < -0.3 is 0 Å². The summed E-state index contributed by atoms with van der Waals surface area (Å²) < 4.78 is 3.38. The lowest BCUT2D eigenvalue weighted by Gasteiger charge is -2.09. The summed E-state index contributed by atoms with van der Waals surface area (Å²) in [6, 6.07) is 24.3. The molecule has 0 bridgehead atoms. The fourth-order valence-electron chi connectivity index (χ4n) is 2.73. The molecule has 4 heteroatoms. The van der Waals surface area contributed by atoms with Gasteiger partial charge >= 0.3 is 0 Å². The zero-order valence-electron chi connectivity index (χ0n) is 14.5. The molecule has 1 nitrogen and oxygen atoms in total. The molecule has 0 unspecified atom stereocenters. The Kier molecular flexibility index (Phi) is 7.66. The maximum atomic E-state index is 13.1. The van der Waals surface area contributed by atoms with Crippen LogP contribution in [-0.4, -0.2) is 5.78 Å². The Bertz CT molecular complexity index is 943. The molecule has 0 radical (unpaired) electrons. The summed E-state index contributed by atoms with van der Waals surface area (Å²) >= 11 is 8.02. The highest BCUT2D eigenvalue weighted by Crippen LogP contribution is 2.21. The monoisotopic (exact) mass is 642 g/mol. The first-order chi connectivity index (χ1) is 13.0. The summed E-state index contributed by atoms with van der Waals surface area (Å²) in [4.78, 5) is 13.1. The molecule has 136 valence electrons. The Morgan fingerprint density at radius 1 is 0.815 bits per heavy atom. The van der Waals surface area contributed by atoms with Crippen molar-refractivity contribution < 1.29 is 4.79 Å². The number of halogens is 3. The van der Waals surface area contributed by atoms with Crippen LogP contribution in [0, 0.1) is 7.14 Å². The van der Waals surface area contributed by atoms with Crippen LogP contribution in [0.3, 0.4) is 0 Å². The minimum atomic E-state index is 0.0971. The number of rotatable bonds is 6. The van der Waals surface area contributed by atoms with Crippen LogP contribution in [-0.2, 0) is 6.42 Å². The highest BCUT2D eigenvalue weighted by atomic mass is 127. The van der Waals surface area contributed by atoms with Crippen LogP contribution >= 0.6 is 61.1 Å². The van der Waals surface area contributed by atoms with Crippen LogP contribution in [0.1, 0.15) is 27.9 Å². The van der Waals surface area contributed by atoms with Crippen LogP contribution in [0.5, 0.6) is 0 Å². The van der Waals surface area contributed by atoms with Crippen LogP contribution in [0.4, 0.5) is 0 Å². The van der Waals surface area contributed by atoms with E-state index in [4.69, 9.17) is 0 Å². The summed E-state index contributed by atoms with van der Waals surface area (Å²) in [6.45, 7) is 0. The third-order valence-corrected chi connectivity index (χ3v) is 6.17. The lowest BCUT2D eigenvalue weighted by molar-refractivity contribution is 0.103. The summed E-state index contributed by atoms with van der Waals surface area (Å²) in [5.41, 5.74) is 3.85. The molecule has 0 amide bonds. The van der Waals surface area contributed by atoms with Gasteiger partial charge in [-0.3, -0.25) is 4.79 Å². The molecule has 0 aliphatic carbocycles. The predicted octanol–water partition coefficient (Wildman–Crippen LogP) is 7.56. The number of Topliss-reactive ketones (excluding diaryl/α,β-unsaturated/α-hetero) is 1. The average Bonchev–Trinajstić information content (AvgIpc) is 2.68. The molecular weight excluding hydrogens is 626 g/mol. The minimum absolute atomic E-state index is 0.0971. The molecule has 0 saturated carbocycles. The lowest BCUT2D eigenvalue weighted by Crippen LogP contribution is -2.05. The summed E-state index contributed by atoms with van der Waals surface area (Å²) in [6.07, 6.45) is 3.57. The van der Waals surface area contributed by atoms with Crippen molar-refractivity contribution in [2.24, 2.45) is 0 Å². The van der Waals surface area contributed by atoms with Crippen molar-refractivity contribution in [3.8, 4) is 0 Å². The topological polar surface area (TPSA) is 17.1 Å². The third kappa shape index (κ3) is 6.26. The van der Waals surface area contributed by atoms with E-state index in [9.17, 15) is 4.79 Å². The summed E-state index contributed by atoms with van der Waals surface area (Å²) in [5.74, 6) is 0.0971. The Morgan fingerprint density at radius 3 is 1.96 bits per heavy atom. The van der Waals surface area contributed by atoms with E-state index in [1.807, 2.05) is 54.6 Å². The normalized spacial score (nSPS) is 11.4. The van der Waals surface area contributed by atoms with Gasteiger partial charge in [0, 0.05) is 22.7 Å². The van der Waals surface area contributed by atoms with Gasteiger partial charge in [0.25, 0.3) is 0 Å². The molecule has 0 saturated heterocycles. The largest absolute Gasteiger partial charge is 0.289 e. The Labute approximate surface area is 195 Å². The van der Waals surface area contributed by atoms with Crippen LogP contribution in [0.25, 0.3) is 6.08 Å². The first-order valence-corrected chi connectivity index (χ1v) is 11.5. The average molecular weight is 643 g/mol. The van der Waals surface area contributed by atoms with Crippen molar-refractivity contribution in [3.63, 3.8) is 0 Å². The fraction of sp³-hybridized carbons (Fsp3) is 0.0870. The van der Waals surface area contributed by atoms with Crippen molar-refractivity contribution in [1.82, 2.24) is 0 Å². The van der Waals surface area contributed by atoms with Crippen LogP contribution in [0.15, 0.2) is 82.8 Å². The molecule has 0 aliphatic heterocycles. The molecule has 3 rings (SSSR count). The van der Waals surface area contributed by atoms with Gasteiger partial charge in [-0.05, 0) is 112 Å². The second-order valence-electron chi connectivity index (χ2n) is 6.18. The van der Waals surface area contributed by atoms with Crippen molar-refractivity contribution in [2.75, 3.05) is 0 Å². The minimum Gasteiger partial charge on any atom is -0.289 e. The predicted molar refractivity (Wildman–Crippen MR) is 133 cm³/mol. The lowest BCUT2D eigenvalue weighted by atomic mass is 9.95. The van der Waals surface area contributed by atoms with Crippen molar-refractivity contribution in [2.45, 2.75) is 12.8 Å². The van der Waals surface area contributed by atoms with Gasteiger partial charge in [0.05, 0.1) is 0 Å². The summed E-state index contributed by atoms with van der Waals surface area (Å²) in [5, 5.41) is 0. The van der Waals surface area contributed by atoms with Crippen LogP contribution in [0.2, 0.25) is 0 Å². The van der Waals surface area contributed by atoms with E-state index in [0.29, 0.717) is 6.42 Å². The molecule has 0 spiro atoms. The number of aryl methyl sites for hydroxylation is 1. The number of carbonyl (C=O) groups is 1. The van der Waals surface area contributed by atoms with E-state index in [1.165, 1.54) is 9.13 Å². The molecule has 0 aliphatic rings. The Morgan fingerprint density at radius 2 is 1.37 bits per heavy atom. The molecule has 0 heterocycles. The van der Waals surface area contributed by atoms with Gasteiger partial charge in [-0.15, -0.1) is 0 Å². The molecule has 0 aromatic heterocycles. The third-order valence-electron chi connectivity index (χ3n) is 4.21. The fourth-order valence-corrected chi connectivity index (χ4v) is 3.71. The molecule has 0 N–H and O–H groups in total. The van der Waals surface area contributed by atoms with Gasteiger partial charge in [0.1, 0.15) is 0 Å². The quantitative estimate of drug-likeness (QED) is 0.154. The SMILES string of the molecule is O=C(/C(=C\c1ccc(Br)cc1)CCc1ccc(I)cc1)c1ccc(I)cc1. The molecular formula is C23H17BrI2O. The molecule has 3 aromatic rings. The summed E-state index contributed by atoms with van der Waals surface area (Å²) in [7, 11) is 0. The maximum Gasteiger partial charge on any atom is 0.189 e. The zero-order valence-corrected chi connectivity index (χ0v) is 20.4. The second-order valence-corrected chi connectivity index (χ2v) is 9.59. The smallest absolute Gasteiger partial charge is 0.189 e. The Balaban J connectivity index is 1.87. The molecule has 3 aromatic carbocycles. The maximum absolute atomic E-state index is 13.1. The van der Waals surface area contributed by atoms with Crippen molar-refractivity contribution in [1.29, 1.82) is 0 Å². The van der Waals surface area contributed by atoms with Crippen LogP contribution < -0.4 is 0 Å².